The molecule has 1 heteroatoms. The van der Waals surface area contributed by atoms with Crippen molar-refractivity contribution < 1.29 is 0 Å². The molecule has 0 aromatic rings. The minimum atomic E-state index is 0.294. The van der Waals surface area contributed by atoms with Gasteiger partial charge >= 0.3 is 0 Å². The lowest BCUT2D eigenvalue weighted by atomic mass is 9.97. The van der Waals surface area contributed by atoms with E-state index in [0.29, 0.717) is 5.92 Å². The summed E-state index contributed by atoms with van der Waals surface area (Å²) >= 11 is 0. The van der Waals surface area contributed by atoms with Crippen LogP contribution in [0, 0.1) is 23.2 Å². The van der Waals surface area contributed by atoms with Crippen molar-refractivity contribution in [3.63, 3.8) is 0 Å². The van der Waals surface area contributed by atoms with Crippen molar-refractivity contribution in [2.45, 2.75) is 53.9 Å². The van der Waals surface area contributed by atoms with Crippen molar-refractivity contribution in [1.82, 2.24) is 0 Å². The lowest BCUT2D eigenvalue weighted by Crippen LogP contribution is -1.97. The minimum absolute atomic E-state index is 0.294. The summed E-state index contributed by atoms with van der Waals surface area (Å²) in [6.45, 7) is 10.5. The van der Waals surface area contributed by atoms with Crippen LogP contribution in [0.15, 0.2) is 0 Å². The van der Waals surface area contributed by atoms with Crippen molar-refractivity contribution in [2.75, 3.05) is 0 Å². The third-order valence-corrected chi connectivity index (χ3v) is 1.77. The van der Waals surface area contributed by atoms with E-state index in [2.05, 4.69) is 26.8 Å². The average molecular weight is 169 g/mol. The summed E-state index contributed by atoms with van der Waals surface area (Å²) in [5, 5.41) is 8.59. The molecule has 72 valence electrons. The van der Waals surface area contributed by atoms with Gasteiger partial charge in [0, 0.05) is 5.92 Å². The predicted octanol–water partition coefficient (Wildman–Crippen LogP) is 4.00. The van der Waals surface area contributed by atoms with E-state index in [1.807, 2.05) is 13.8 Å². The Bertz CT molecular complexity index is 111. The molecule has 1 atom stereocenters. The molecule has 0 N–H and O–H groups in total. The van der Waals surface area contributed by atoms with Gasteiger partial charge in [-0.25, -0.2) is 0 Å². The molecular weight excluding hydrogens is 146 g/mol. The smallest absolute Gasteiger partial charge is 0.0655 e. The van der Waals surface area contributed by atoms with Crippen LogP contribution in [0.25, 0.3) is 0 Å². The Balaban J connectivity index is 0. The highest BCUT2D eigenvalue weighted by Gasteiger charge is 2.04. The Morgan fingerprint density at radius 1 is 1.17 bits per heavy atom. The topological polar surface area (TPSA) is 23.8 Å². The van der Waals surface area contributed by atoms with E-state index in [1.54, 1.807) is 0 Å². The van der Waals surface area contributed by atoms with Gasteiger partial charge in [-0.3, -0.25) is 0 Å². The first-order valence-corrected chi connectivity index (χ1v) is 5.10. The molecule has 0 saturated carbocycles. The van der Waals surface area contributed by atoms with Crippen LogP contribution in [-0.2, 0) is 0 Å². The Morgan fingerprint density at radius 2 is 1.67 bits per heavy atom. The molecule has 0 heterocycles. The molecule has 0 fully saturated rings. The molecular formula is C11H23N. The number of hydrogen-bond donors (Lipinski definition) is 0. The molecule has 0 spiro atoms. The Labute approximate surface area is 77.8 Å². The maximum atomic E-state index is 8.59. The molecule has 12 heavy (non-hydrogen) atoms. The number of nitriles is 1. The largest absolute Gasteiger partial charge is 0.198 e. The van der Waals surface area contributed by atoms with Crippen LogP contribution in [0.3, 0.4) is 0 Å². The molecule has 1 unspecified atom stereocenters. The predicted molar refractivity (Wildman–Crippen MR) is 54.8 cm³/mol. The van der Waals surface area contributed by atoms with Gasteiger partial charge in [-0.2, -0.15) is 5.26 Å². The molecule has 0 saturated heterocycles. The molecule has 0 aliphatic heterocycles. The van der Waals surface area contributed by atoms with Crippen molar-refractivity contribution in [1.29, 1.82) is 5.26 Å². The van der Waals surface area contributed by atoms with E-state index in [1.165, 1.54) is 6.42 Å². The quantitative estimate of drug-likeness (QED) is 0.624. The van der Waals surface area contributed by atoms with Gasteiger partial charge in [-0.1, -0.05) is 34.6 Å². The third-order valence-electron chi connectivity index (χ3n) is 1.77. The zero-order valence-corrected chi connectivity index (χ0v) is 9.22. The first kappa shape index (κ1) is 14.0. The van der Waals surface area contributed by atoms with Crippen LogP contribution in [0.5, 0.6) is 0 Å². The Hall–Kier alpha value is -0.510. The molecule has 0 bridgehead atoms. The molecule has 0 radical (unpaired) electrons. The zero-order chi connectivity index (χ0) is 9.98. The standard InChI is InChI=1S/C9H17N.C2H6/c1-4-9(7-10)6-5-8(2)3;1-2/h8-9H,4-6H2,1-3H3;1-2H3. The fraction of sp³-hybridized carbons (Fsp3) is 0.909. The van der Waals surface area contributed by atoms with E-state index < -0.39 is 0 Å². The van der Waals surface area contributed by atoms with Gasteiger partial charge in [-0.05, 0) is 25.2 Å². The van der Waals surface area contributed by atoms with Crippen LogP contribution < -0.4 is 0 Å². The van der Waals surface area contributed by atoms with Crippen LogP contribution in [0.4, 0.5) is 0 Å². The molecule has 1 nitrogen and oxygen atoms in total. The van der Waals surface area contributed by atoms with Crippen molar-refractivity contribution in [3.8, 4) is 6.07 Å². The van der Waals surface area contributed by atoms with Gasteiger partial charge in [0.25, 0.3) is 0 Å². The number of hydrogen-bond acceptors (Lipinski definition) is 1. The van der Waals surface area contributed by atoms with Gasteiger partial charge in [0.05, 0.1) is 6.07 Å². The fourth-order valence-electron chi connectivity index (χ4n) is 0.894. The third kappa shape index (κ3) is 9.49. The molecule has 0 rings (SSSR count). The summed E-state index contributed by atoms with van der Waals surface area (Å²) in [7, 11) is 0. The highest BCUT2D eigenvalue weighted by Crippen LogP contribution is 2.13. The number of nitrogens with zero attached hydrogens (tertiary/aromatic N) is 1. The SMILES string of the molecule is CC.CCC(C#N)CCC(C)C. The van der Waals surface area contributed by atoms with Crippen molar-refractivity contribution in [2.24, 2.45) is 11.8 Å². The van der Waals surface area contributed by atoms with E-state index in [-0.39, 0.29) is 0 Å². The molecule has 0 aliphatic rings. The Kier molecular flexibility index (Phi) is 12.3. The van der Waals surface area contributed by atoms with Crippen LogP contribution in [0.2, 0.25) is 0 Å². The van der Waals surface area contributed by atoms with E-state index in [9.17, 15) is 0 Å². The second-order valence-corrected chi connectivity index (χ2v) is 3.21. The number of rotatable bonds is 4. The fourth-order valence-corrected chi connectivity index (χ4v) is 0.894. The van der Waals surface area contributed by atoms with E-state index in [4.69, 9.17) is 5.26 Å². The maximum absolute atomic E-state index is 8.59. The highest BCUT2D eigenvalue weighted by molar-refractivity contribution is 4.81. The summed E-state index contributed by atoms with van der Waals surface area (Å²) < 4.78 is 0. The summed E-state index contributed by atoms with van der Waals surface area (Å²) in [5.41, 5.74) is 0. The molecule has 0 amide bonds. The summed E-state index contributed by atoms with van der Waals surface area (Å²) in [6.07, 6.45) is 3.26. The second kappa shape index (κ2) is 10.5. The first-order valence-electron chi connectivity index (χ1n) is 5.10. The normalized spacial score (nSPS) is 11.4. The van der Waals surface area contributed by atoms with Crippen molar-refractivity contribution >= 4 is 0 Å². The maximum Gasteiger partial charge on any atom is 0.0655 e. The zero-order valence-electron chi connectivity index (χ0n) is 9.22. The Morgan fingerprint density at radius 3 is 1.92 bits per heavy atom. The molecule has 0 aliphatic carbocycles. The van der Waals surface area contributed by atoms with Gasteiger partial charge in [-0.15, -0.1) is 0 Å². The lowest BCUT2D eigenvalue weighted by molar-refractivity contribution is 0.479. The van der Waals surface area contributed by atoms with Crippen molar-refractivity contribution in [3.05, 3.63) is 0 Å². The first-order chi connectivity index (χ1) is 5.70. The van der Waals surface area contributed by atoms with Gasteiger partial charge in [0.1, 0.15) is 0 Å². The summed E-state index contributed by atoms with van der Waals surface area (Å²) in [4.78, 5) is 0. The van der Waals surface area contributed by atoms with Crippen LogP contribution >= 0.6 is 0 Å². The summed E-state index contributed by atoms with van der Waals surface area (Å²) in [6, 6.07) is 2.31. The summed E-state index contributed by atoms with van der Waals surface area (Å²) in [5.74, 6) is 1.03. The second-order valence-electron chi connectivity index (χ2n) is 3.21. The molecule has 0 aromatic heterocycles. The monoisotopic (exact) mass is 169 g/mol. The van der Waals surface area contributed by atoms with Gasteiger partial charge in [0.2, 0.25) is 0 Å². The minimum Gasteiger partial charge on any atom is -0.198 e. The van der Waals surface area contributed by atoms with Gasteiger partial charge in [0.15, 0.2) is 0 Å². The molecule has 0 aromatic carbocycles. The lowest BCUT2D eigenvalue weighted by Gasteiger charge is -2.06. The average Bonchev–Trinajstić information content (AvgIpc) is 2.09. The van der Waals surface area contributed by atoms with Crippen LogP contribution in [0.1, 0.15) is 53.9 Å². The van der Waals surface area contributed by atoms with E-state index >= 15 is 0 Å². The van der Waals surface area contributed by atoms with Crippen LogP contribution in [-0.4, -0.2) is 0 Å². The van der Waals surface area contributed by atoms with E-state index in [0.717, 1.165) is 18.8 Å². The van der Waals surface area contributed by atoms with Gasteiger partial charge < -0.3 is 0 Å². The highest BCUT2D eigenvalue weighted by atomic mass is 14.3.